The highest BCUT2D eigenvalue weighted by molar-refractivity contribution is 7.14. The third-order valence-corrected chi connectivity index (χ3v) is 4.54. The maximum absolute atomic E-state index is 12.6. The van der Waals surface area contributed by atoms with Gasteiger partial charge in [0.25, 0.3) is 5.91 Å². The van der Waals surface area contributed by atoms with Crippen LogP contribution in [0.4, 0.5) is 13.9 Å². The number of ether oxygens (including phenoxy) is 3. The number of anilines is 1. The van der Waals surface area contributed by atoms with E-state index in [2.05, 4.69) is 15.0 Å². The Morgan fingerprint density at radius 2 is 2.03 bits per heavy atom. The minimum absolute atomic E-state index is 0.00748. The Balaban J connectivity index is 1.64. The fourth-order valence-corrected chi connectivity index (χ4v) is 3.21. The molecule has 0 aliphatic heterocycles. The summed E-state index contributed by atoms with van der Waals surface area (Å²) in [4.78, 5) is 16.4. The molecule has 0 aliphatic carbocycles. The van der Waals surface area contributed by atoms with Crippen molar-refractivity contribution in [2.75, 3.05) is 19.0 Å². The third kappa shape index (κ3) is 5.21. The maximum Gasteiger partial charge on any atom is 0.387 e. The van der Waals surface area contributed by atoms with Crippen molar-refractivity contribution in [1.29, 1.82) is 5.26 Å². The van der Waals surface area contributed by atoms with Gasteiger partial charge in [0.1, 0.15) is 5.75 Å². The molecular formula is C20H15F2N3O4S. The first-order valence-electron chi connectivity index (χ1n) is 8.50. The average molecular weight is 431 g/mol. The highest BCUT2D eigenvalue weighted by Crippen LogP contribution is 2.33. The topological polar surface area (TPSA) is 93.5 Å². The molecule has 0 aliphatic rings. The van der Waals surface area contributed by atoms with Crippen molar-refractivity contribution in [3.63, 3.8) is 0 Å². The lowest BCUT2D eigenvalue weighted by Gasteiger charge is -2.10. The lowest BCUT2D eigenvalue weighted by molar-refractivity contribution is -0.118. The number of carbonyl (C=O) groups is 1. The van der Waals surface area contributed by atoms with E-state index in [0.29, 0.717) is 28.3 Å². The molecule has 30 heavy (non-hydrogen) atoms. The molecule has 3 rings (SSSR count). The van der Waals surface area contributed by atoms with Gasteiger partial charge in [-0.1, -0.05) is 12.1 Å². The number of hydrogen-bond donors (Lipinski definition) is 1. The summed E-state index contributed by atoms with van der Waals surface area (Å²) in [6, 6.07) is 12.8. The molecule has 7 nitrogen and oxygen atoms in total. The molecule has 0 saturated carbocycles. The van der Waals surface area contributed by atoms with Gasteiger partial charge in [0.05, 0.1) is 24.4 Å². The molecule has 0 atom stereocenters. The number of amides is 1. The largest absolute Gasteiger partial charge is 0.493 e. The number of aromatic nitrogens is 1. The number of hydrogen-bond acceptors (Lipinski definition) is 7. The number of nitrogens with one attached hydrogen (secondary N) is 1. The van der Waals surface area contributed by atoms with Crippen molar-refractivity contribution in [1.82, 2.24) is 4.98 Å². The Hall–Kier alpha value is -3.71. The Kier molecular flexibility index (Phi) is 6.77. The molecule has 1 heterocycles. The van der Waals surface area contributed by atoms with Gasteiger partial charge in [0.2, 0.25) is 0 Å². The summed E-state index contributed by atoms with van der Waals surface area (Å²) in [5.74, 6) is 0.157. The number of alkyl halides is 2. The van der Waals surface area contributed by atoms with E-state index in [1.807, 2.05) is 6.07 Å². The molecule has 154 valence electrons. The number of rotatable bonds is 8. The van der Waals surface area contributed by atoms with Gasteiger partial charge in [-0.05, 0) is 24.3 Å². The van der Waals surface area contributed by atoms with Crippen molar-refractivity contribution in [2.24, 2.45) is 0 Å². The number of para-hydroxylation sites is 1. The van der Waals surface area contributed by atoms with Crippen molar-refractivity contribution in [2.45, 2.75) is 6.61 Å². The standard InChI is InChI=1S/C20H15F2N3O4S/c1-27-17-8-12(9-23)6-7-16(17)28-10-18(26)25-20-24-14(11-30-20)13-4-2-3-5-15(13)29-19(21)22/h2-8,11,19H,10H2,1H3,(H,24,25,26). The third-order valence-electron chi connectivity index (χ3n) is 3.78. The molecule has 1 N–H and O–H groups in total. The molecule has 1 aromatic heterocycles. The number of nitrogens with zero attached hydrogens (tertiary/aromatic N) is 2. The van der Waals surface area contributed by atoms with E-state index in [-0.39, 0.29) is 17.5 Å². The molecule has 0 bridgehead atoms. The highest BCUT2D eigenvalue weighted by atomic mass is 32.1. The van der Waals surface area contributed by atoms with Crippen LogP contribution in [-0.2, 0) is 4.79 Å². The van der Waals surface area contributed by atoms with E-state index in [1.54, 1.807) is 29.6 Å². The summed E-state index contributed by atoms with van der Waals surface area (Å²) in [5.41, 5.74) is 1.17. The lowest BCUT2D eigenvalue weighted by atomic mass is 10.1. The minimum Gasteiger partial charge on any atom is -0.493 e. The first kappa shape index (κ1) is 21.0. The van der Waals surface area contributed by atoms with Crippen LogP contribution in [0.3, 0.4) is 0 Å². The van der Waals surface area contributed by atoms with Crippen molar-refractivity contribution in [3.05, 3.63) is 53.4 Å². The summed E-state index contributed by atoms with van der Waals surface area (Å²) in [5, 5.41) is 13.4. The van der Waals surface area contributed by atoms with Crippen LogP contribution in [0.15, 0.2) is 47.8 Å². The van der Waals surface area contributed by atoms with Gasteiger partial charge in [-0.15, -0.1) is 11.3 Å². The van der Waals surface area contributed by atoms with E-state index in [1.165, 1.54) is 25.3 Å². The van der Waals surface area contributed by atoms with Gasteiger partial charge in [0, 0.05) is 17.0 Å². The zero-order chi connectivity index (χ0) is 21.5. The van der Waals surface area contributed by atoms with E-state index in [0.717, 1.165) is 11.3 Å². The first-order chi connectivity index (χ1) is 14.5. The smallest absolute Gasteiger partial charge is 0.387 e. The number of nitriles is 1. The van der Waals surface area contributed by atoms with Crippen LogP contribution in [0.2, 0.25) is 0 Å². The SMILES string of the molecule is COc1cc(C#N)ccc1OCC(=O)Nc1nc(-c2ccccc2OC(F)F)cs1. The van der Waals surface area contributed by atoms with Crippen LogP contribution in [0, 0.1) is 11.3 Å². The van der Waals surface area contributed by atoms with Crippen molar-refractivity contribution in [3.8, 4) is 34.6 Å². The Labute approximate surface area is 174 Å². The zero-order valence-electron chi connectivity index (χ0n) is 15.6. The highest BCUT2D eigenvalue weighted by Gasteiger charge is 2.15. The maximum atomic E-state index is 12.6. The molecule has 10 heteroatoms. The van der Waals surface area contributed by atoms with E-state index in [9.17, 15) is 13.6 Å². The molecule has 0 fully saturated rings. The predicted molar refractivity (Wildman–Crippen MR) is 106 cm³/mol. The van der Waals surface area contributed by atoms with Gasteiger partial charge in [0.15, 0.2) is 23.2 Å². The van der Waals surface area contributed by atoms with Crippen molar-refractivity contribution >= 4 is 22.4 Å². The van der Waals surface area contributed by atoms with Crippen LogP contribution in [0.5, 0.6) is 17.2 Å². The van der Waals surface area contributed by atoms with Gasteiger partial charge in [-0.3, -0.25) is 10.1 Å². The summed E-state index contributed by atoms with van der Waals surface area (Å²) in [7, 11) is 1.43. The first-order valence-corrected chi connectivity index (χ1v) is 9.38. The van der Waals surface area contributed by atoms with Crippen LogP contribution in [-0.4, -0.2) is 31.2 Å². The second-order valence-corrected chi connectivity index (χ2v) is 6.58. The summed E-state index contributed by atoms with van der Waals surface area (Å²) in [6.45, 7) is -3.28. The lowest BCUT2D eigenvalue weighted by Crippen LogP contribution is -2.20. The van der Waals surface area contributed by atoms with E-state index in [4.69, 9.17) is 14.7 Å². The Bertz CT molecular complexity index is 1080. The van der Waals surface area contributed by atoms with Gasteiger partial charge >= 0.3 is 6.61 Å². The minimum atomic E-state index is -2.96. The fraction of sp³-hybridized carbons (Fsp3) is 0.150. The van der Waals surface area contributed by atoms with Gasteiger partial charge in [-0.2, -0.15) is 14.0 Å². The monoisotopic (exact) mass is 431 g/mol. The van der Waals surface area contributed by atoms with Gasteiger partial charge < -0.3 is 14.2 Å². The number of thiazole rings is 1. The number of benzene rings is 2. The Morgan fingerprint density at radius 3 is 2.77 bits per heavy atom. The van der Waals surface area contributed by atoms with Gasteiger partial charge in [-0.25, -0.2) is 4.98 Å². The molecule has 1 amide bonds. The van der Waals surface area contributed by atoms with Crippen LogP contribution in [0.1, 0.15) is 5.56 Å². The molecule has 0 saturated heterocycles. The summed E-state index contributed by atoms with van der Waals surface area (Å²) in [6.07, 6.45) is 0. The number of halogens is 2. The fourth-order valence-electron chi connectivity index (χ4n) is 2.49. The Morgan fingerprint density at radius 1 is 1.23 bits per heavy atom. The average Bonchev–Trinajstić information content (AvgIpc) is 3.20. The zero-order valence-corrected chi connectivity index (χ0v) is 16.4. The van der Waals surface area contributed by atoms with Crippen LogP contribution in [0.25, 0.3) is 11.3 Å². The molecule has 0 radical (unpaired) electrons. The van der Waals surface area contributed by atoms with Crippen molar-refractivity contribution < 1.29 is 27.8 Å². The second-order valence-electron chi connectivity index (χ2n) is 5.73. The van der Waals surface area contributed by atoms with Crippen LogP contribution < -0.4 is 19.5 Å². The number of carbonyl (C=O) groups excluding carboxylic acids is 1. The molecule has 0 unspecified atom stereocenters. The molecule has 2 aromatic carbocycles. The second kappa shape index (κ2) is 9.67. The summed E-state index contributed by atoms with van der Waals surface area (Å²) < 4.78 is 40.3. The quantitative estimate of drug-likeness (QED) is 0.571. The molecule has 0 spiro atoms. The van der Waals surface area contributed by atoms with E-state index >= 15 is 0 Å². The molecule has 3 aromatic rings. The van der Waals surface area contributed by atoms with Crippen LogP contribution >= 0.6 is 11.3 Å². The number of methoxy groups -OCH3 is 1. The normalized spacial score (nSPS) is 10.4. The van der Waals surface area contributed by atoms with E-state index < -0.39 is 12.5 Å². The molecular weight excluding hydrogens is 416 g/mol. The summed E-state index contributed by atoms with van der Waals surface area (Å²) >= 11 is 1.13. The predicted octanol–water partition coefficient (Wildman–Crippen LogP) is 4.31.